The van der Waals surface area contributed by atoms with Gasteiger partial charge in [0.05, 0.1) is 0 Å². The van der Waals surface area contributed by atoms with Crippen LogP contribution in [0, 0.1) is 5.82 Å². The molecule has 1 fully saturated rings. The fraction of sp³-hybridized carbons (Fsp3) is 0.533. The third-order valence-corrected chi connectivity index (χ3v) is 3.53. The van der Waals surface area contributed by atoms with Crippen LogP contribution < -0.4 is 4.74 Å². The van der Waals surface area contributed by atoms with Gasteiger partial charge in [0, 0.05) is 32.7 Å². The Morgan fingerprint density at radius 2 is 1.90 bits per heavy atom. The molecule has 5 nitrogen and oxygen atoms in total. The number of aliphatic hydroxyl groups is 1. The van der Waals surface area contributed by atoms with Crippen molar-refractivity contribution in [3.63, 3.8) is 0 Å². The number of amides is 1. The second-order valence-corrected chi connectivity index (χ2v) is 5.15. The number of carbonyl (C=O) groups excluding carboxylic acids is 1. The van der Waals surface area contributed by atoms with E-state index in [-0.39, 0.29) is 11.7 Å². The minimum absolute atomic E-state index is 0.211. The molecule has 1 amide bonds. The van der Waals surface area contributed by atoms with Crippen LogP contribution in [-0.2, 0) is 4.79 Å². The Hall–Kier alpha value is -1.66. The van der Waals surface area contributed by atoms with Gasteiger partial charge in [-0.25, -0.2) is 4.39 Å². The minimum atomic E-state index is -0.932. The van der Waals surface area contributed by atoms with Crippen LogP contribution in [0.2, 0.25) is 0 Å². The van der Waals surface area contributed by atoms with E-state index in [4.69, 9.17) is 4.74 Å². The van der Waals surface area contributed by atoms with E-state index in [0.717, 1.165) is 19.6 Å². The number of ether oxygens (including phenoxy) is 1. The molecule has 2 rings (SSSR count). The Labute approximate surface area is 123 Å². The summed E-state index contributed by atoms with van der Waals surface area (Å²) in [7, 11) is 0. The lowest BCUT2D eigenvalue weighted by atomic mass is 10.2. The summed E-state index contributed by atoms with van der Waals surface area (Å²) in [5.74, 6) is 0.165. The predicted molar refractivity (Wildman–Crippen MR) is 76.6 cm³/mol. The Morgan fingerprint density at radius 1 is 1.29 bits per heavy atom. The Kier molecular flexibility index (Phi) is 5.52. The van der Waals surface area contributed by atoms with E-state index >= 15 is 0 Å². The summed E-state index contributed by atoms with van der Waals surface area (Å²) in [5, 5.41) is 9.27. The van der Waals surface area contributed by atoms with Gasteiger partial charge < -0.3 is 14.7 Å². The molecule has 1 atom stereocenters. The molecule has 116 valence electrons. The molecule has 1 heterocycles. The van der Waals surface area contributed by atoms with Crippen LogP contribution in [-0.4, -0.2) is 66.2 Å². The number of piperazine rings is 1. The van der Waals surface area contributed by atoms with Gasteiger partial charge in [0.2, 0.25) is 0 Å². The van der Waals surface area contributed by atoms with Crippen LogP contribution in [0.3, 0.4) is 0 Å². The molecule has 1 aromatic rings. The van der Waals surface area contributed by atoms with E-state index in [1.165, 1.54) is 19.1 Å². The lowest BCUT2D eigenvalue weighted by Gasteiger charge is -2.35. The van der Waals surface area contributed by atoms with Crippen molar-refractivity contribution in [2.45, 2.75) is 13.0 Å². The first kappa shape index (κ1) is 15.7. The first-order chi connectivity index (χ1) is 10.1. The fourth-order valence-corrected chi connectivity index (χ4v) is 2.28. The summed E-state index contributed by atoms with van der Waals surface area (Å²) >= 11 is 0. The molecule has 6 heteroatoms. The molecular formula is C15H21FN2O3. The SMILES string of the molecule is CC(O)C(=O)N1CCN(CCOc2ccc(F)cc2)CC1. The summed E-state index contributed by atoms with van der Waals surface area (Å²) in [6.45, 7) is 5.56. The van der Waals surface area contributed by atoms with Crippen molar-refractivity contribution in [2.24, 2.45) is 0 Å². The van der Waals surface area contributed by atoms with E-state index in [1.807, 2.05) is 0 Å². The van der Waals surface area contributed by atoms with Gasteiger partial charge in [-0.05, 0) is 31.2 Å². The monoisotopic (exact) mass is 296 g/mol. The quantitative estimate of drug-likeness (QED) is 0.870. The highest BCUT2D eigenvalue weighted by molar-refractivity contribution is 5.80. The Morgan fingerprint density at radius 3 is 2.48 bits per heavy atom. The zero-order valence-electron chi connectivity index (χ0n) is 12.2. The first-order valence-electron chi connectivity index (χ1n) is 7.14. The molecule has 0 bridgehead atoms. The number of halogens is 1. The Balaban J connectivity index is 1.67. The molecule has 1 saturated heterocycles. The van der Waals surface area contributed by atoms with Crippen molar-refractivity contribution in [1.82, 2.24) is 9.80 Å². The molecular weight excluding hydrogens is 275 g/mol. The maximum atomic E-state index is 12.7. The number of benzene rings is 1. The largest absolute Gasteiger partial charge is 0.492 e. The third-order valence-electron chi connectivity index (χ3n) is 3.53. The predicted octanol–water partition coefficient (Wildman–Crippen LogP) is 0.729. The van der Waals surface area contributed by atoms with Gasteiger partial charge in [-0.15, -0.1) is 0 Å². The number of rotatable bonds is 5. The van der Waals surface area contributed by atoms with Gasteiger partial charge in [0.1, 0.15) is 24.3 Å². The number of carbonyl (C=O) groups is 1. The van der Waals surface area contributed by atoms with Crippen LogP contribution in [0.4, 0.5) is 4.39 Å². The molecule has 1 aliphatic rings. The molecule has 1 aromatic carbocycles. The summed E-state index contributed by atoms with van der Waals surface area (Å²) in [5.41, 5.74) is 0. The molecule has 1 aliphatic heterocycles. The number of nitrogens with zero attached hydrogens (tertiary/aromatic N) is 2. The van der Waals surface area contributed by atoms with Crippen molar-refractivity contribution < 1.29 is 19.0 Å². The van der Waals surface area contributed by atoms with Gasteiger partial charge in [0.15, 0.2) is 0 Å². The average molecular weight is 296 g/mol. The smallest absolute Gasteiger partial charge is 0.251 e. The topological polar surface area (TPSA) is 53.0 Å². The standard InChI is InChI=1S/C15H21FN2O3/c1-12(19)15(20)18-8-6-17(7-9-18)10-11-21-14-4-2-13(16)3-5-14/h2-5,12,19H,6-11H2,1H3. The van der Waals surface area contributed by atoms with Crippen molar-refractivity contribution in [3.05, 3.63) is 30.1 Å². The van der Waals surface area contributed by atoms with Gasteiger partial charge in [-0.1, -0.05) is 0 Å². The van der Waals surface area contributed by atoms with Crippen LogP contribution in [0.25, 0.3) is 0 Å². The van der Waals surface area contributed by atoms with Crippen molar-refractivity contribution in [2.75, 3.05) is 39.3 Å². The second-order valence-electron chi connectivity index (χ2n) is 5.15. The van der Waals surface area contributed by atoms with Gasteiger partial charge in [-0.2, -0.15) is 0 Å². The molecule has 0 aliphatic carbocycles. The Bertz CT molecular complexity index is 456. The van der Waals surface area contributed by atoms with Crippen LogP contribution in [0.15, 0.2) is 24.3 Å². The lowest BCUT2D eigenvalue weighted by molar-refractivity contribution is -0.141. The molecule has 1 unspecified atom stereocenters. The van der Waals surface area contributed by atoms with Crippen molar-refractivity contribution >= 4 is 5.91 Å². The number of hydrogen-bond donors (Lipinski definition) is 1. The van der Waals surface area contributed by atoms with E-state index in [9.17, 15) is 14.3 Å². The number of hydrogen-bond acceptors (Lipinski definition) is 4. The summed E-state index contributed by atoms with van der Waals surface area (Å²) < 4.78 is 18.3. The molecule has 21 heavy (non-hydrogen) atoms. The summed E-state index contributed by atoms with van der Waals surface area (Å²) in [4.78, 5) is 15.5. The van der Waals surface area contributed by atoms with Gasteiger partial charge in [-0.3, -0.25) is 9.69 Å². The molecule has 0 radical (unpaired) electrons. The molecule has 1 N–H and O–H groups in total. The van der Waals surface area contributed by atoms with Crippen molar-refractivity contribution in [3.8, 4) is 5.75 Å². The van der Waals surface area contributed by atoms with Gasteiger partial charge in [0.25, 0.3) is 5.91 Å². The van der Waals surface area contributed by atoms with E-state index in [2.05, 4.69) is 4.90 Å². The lowest BCUT2D eigenvalue weighted by Crippen LogP contribution is -2.51. The first-order valence-corrected chi connectivity index (χ1v) is 7.14. The number of aliphatic hydroxyl groups excluding tert-OH is 1. The van der Waals surface area contributed by atoms with Crippen molar-refractivity contribution in [1.29, 1.82) is 0 Å². The van der Waals surface area contributed by atoms with E-state index < -0.39 is 6.10 Å². The van der Waals surface area contributed by atoms with Gasteiger partial charge >= 0.3 is 0 Å². The highest BCUT2D eigenvalue weighted by Crippen LogP contribution is 2.11. The van der Waals surface area contributed by atoms with Crippen LogP contribution >= 0.6 is 0 Å². The maximum absolute atomic E-state index is 12.7. The van der Waals surface area contributed by atoms with Crippen LogP contribution in [0.5, 0.6) is 5.75 Å². The third kappa shape index (κ3) is 4.68. The highest BCUT2D eigenvalue weighted by Gasteiger charge is 2.23. The summed E-state index contributed by atoms with van der Waals surface area (Å²) in [6, 6.07) is 5.95. The van der Waals surface area contributed by atoms with Crippen LogP contribution in [0.1, 0.15) is 6.92 Å². The molecule has 0 spiro atoms. The molecule has 0 saturated carbocycles. The summed E-state index contributed by atoms with van der Waals surface area (Å²) in [6.07, 6.45) is -0.932. The van der Waals surface area contributed by atoms with E-state index in [0.29, 0.717) is 25.4 Å². The minimum Gasteiger partial charge on any atom is -0.492 e. The second kappa shape index (κ2) is 7.38. The molecule has 0 aromatic heterocycles. The zero-order valence-corrected chi connectivity index (χ0v) is 12.2. The highest BCUT2D eigenvalue weighted by atomic mass is 19.1. The fourth-order valence-electron chi connectivity index (χ4n) is 2.28. The normalized spacial score (nSPS) is 17.6. The zero-order chi connectivity index (χ0) is 15.2. The average Bonchev–Trinajstić information content (AvgIpc) is 2.49. The maximum Gasteiger partial charge on any atom is 0.251 e. The van der Waals surface area contributed by atoms with E-state index in [1.54, 1.807) is 17.0 Å².